The van der Waals surface area contributed by atoms with Crippen LogP contribution in [0.2, 0.25) is 0 Å². The van der Waals surface area contributed by atoms with Gasteiger partial charge in [0, 0.05) is 12.1 Å². The van der Waals surface area contributed by atoms with Crippen LogP contribution in [0.3, 0.4) is 0 Å². The summed E-state index contributed by atoms with van der Waals surface area (Å²) in [5.74, 6) is -0.430. The van der Waals surface area contributed by atoms with E-state index in [-0.39, 0.29) is 11.6 Å². The Kier molecular flexibility index (Phi) is 3.42. The minimum Gasteiger partial charge on any atom is -0.616 e. The normalized spacial score (nSPS) is 10.0. The van der Waals surface area contributed by atoms with E-state index < -0.39 is 21.2 Å². The van der Waals surface area contributed by atoms with E-state index in [0.29, 0.717) is 4.73 Å². The second-order valence-electron chi connectivity index (χ2n) is 3.63. The number of ether oxygens (including phenoxy) is 1. The third kappa shape index (κ3) is 2.61. The molecule has 20 heavy (non-hydrogen) atoms. The fraction of sp³-hybridized carbons (Fsp3) is 0. The molecule has 0 aliphatic heterocycles. The molecule has 0 saturated heterocycles. The van der Waals surface area contributed by atoms with Gasteiger partial charge in [0.15, 0.2) is 6.20 Å². The summed E-state index contributed by atoms with van der Waals surface area (Å²) >= 11 is 0. The molecular formula is C11H7N3O6. The molecule has 0 amide bonds. The molecule has 2 aromatic rings. The Balaban J connectivity index is 2.44. The molecule has 102 valence electrons. The number of hydrogen-bond acceptors (Lipinski definition) is 6. The van der Waals surface area contributed by atoms with E-state index in [9.17, 15) is 25.4 Å². The van der Waals surface area contributed by atoms with E-state index in [1.54, 1.807) is 0 Å². The van der Waals surface area contributed by atoms with E-state index in [4.69, 9.17) is 4.74 Å². The molecule has 0 aliphatic rings. The maximum absolute atomic E-state index is 11.4. The van der Waals surface area contributed by atoms with Crippen LogP contribution in [0.1, 0.15) is 0 Å². The van der Waals surface area contributed by atoms with Crippen LogP contribution in [0.4, 0.5) is 11.4 Å². The maximum atomic E-state index is 11.4. The summed E-state index contributed by atoms with van der Waals surface area (Å²) in [5.41, 5.74) is -1.03. The Morgan fingerprint density at radius 3 is 2.40 bits per heavy atom. The topological polar surface area (TPSA) is 122 Å². The number of nitro groups is 2. The van der Waals surface area contributed by atoms with Crippen LogP contribution in [-0.4, -0.2) is 9.85 Å². The summed E-state index contributed by atoms with van der Waals surface area (Å²) in [6, 6.07) is 7.19. The van der Waals surface area contributed by atoms with Crippen molar-refractivity contribution in [2.24, 2.45) is 0 Å². The summed E-state index contributed by atoms with van der Waals surface area (Å²) in [6.45, 7) is 0. The van der Waals surface area contributed by atoms with Crippen molar-refractivity contribution in [2.75, 3.05) is 0 Å². The molecule has 0 unspecified atom stereocenters. The lowest BCUT2D eigenvalue weighted by atomic mass is 10.2. The monoisotopic (exact) mass is 277 g/mol. The Bertz CT molecular complexity index is 688. The van der Waals surface area contributed by atoms with Gasteiger partial charge in [-0.1, -0.05) is 0 Å². The molecule has 1 heterocycles. The van der Waals surface area contributed by atoms with Gasteiger partial charge in [0.25, 0.3) is 5.69 Å². The molecule has 0 bridgehead atoms. The SMILES string of the molecule is O=[N+]([O-])c1ccc(Oc2cccc[n+]2[O-])c([N+](=O)[O-])c1. The summed E-state index contributed by atoms with van der Waals surface area (Å²) < 4.78 is 5.50. The molecular weight excluding hydrogens is 270 g/mol. The zero-order chi connectivity index (χ0) is 14.7. The van der Waals surface area contributed by atoms with Crippen LogP contribution < -0.4 is 9.47 Å². The molecule has 0 aliphatic carbocycles. The number of aromatic nitrogens is 1. The number of non-ortho nitro benzene ring substituents is 1. The Morgan fingerprint density at radius 1 is 1.05 bits per heavy atom. The van der Waals surface area contributed by atoms with Crippen molar-refractivity contribution in [3.63, 3.8) is 0 Å². The van der Waals surface area contributed by atoms with Gasteiger partial charge in [-0.25, -0.2) is 0 Å². The second kappa shape index (κ2) is 5.18. The van der Waals surface area contributed by atoms with Gasteiger partial charge >= 0.3 is 11.6 Å². The highest BCUT2D eigenvalue weighted by Gasteiger charge is 2.22. The van der Waals surface area contributed by atoms with Crippen molar-refractivity contribution < 1.29 is 19.3 Å². The lowest BCUT2D eigenvalue weighted by molar-refractivity contribution is -0.611. The minimum absolute atomic E-state index is 0.176. The van der Waals surface area contributed by atoms with Crippen molar-refractivity contribution in [1.29, 1.82) is 0 Å². The Hall–Kier alpha value is -3.23. The number of pyridine rings is 1. The smallest absolute Gasteiger partial charge is 0.385 e. The van der Waals surface area contributed by atoms with Gasteiger partial charge < -0.3 is 9.94 Å². The van der Waals surface area contributed by atoms with Crippen LogP contribution in [0.15, 0.2) is 42.6 Å². The first kappa shape index (κ1) is 13.2. The molecule has 0 fully saturated rings. The molecule has 1 aromatic carbocycles. The molecule has 9 heteroatoms. The van der Waals surface area contributed by atoms with Crippen LogP contribution in [0.5, 0.6) is 11.6 Å². The molecule has 0 spiro atoms. The highest BCUT2D eigenvalue weighted by atomic mass is 16.6. The van der Waals surface area contributed by atoms with Gasteiger partial charge in [0.05, 0.1) is 22.0 Å². The van der Waals surface area contributed by atoms with E-state index in [0.717, 1.165) is 24.4 Å². The lowest BCUT2D eigenvalue weighted by Crippen LogP contribution is -2.26. The second-order valence-corrected chi connectivity index (χ2v) is 3.63. The van der Waals surface area contributed by atoms with Crippen molar-refractivity contribution in [3.05, 3.63) is 68.0 Å². The van der Waals surface area contributed by atoms with Gasteiger partial charge in [-0.2, -0.15) is 0 Å². The third-order valence-corrected chi connectivity index (χ3v) is 2.35. The molecule has 0 radical (unpaired) electrons. The minimum atomic E-state index is -0.819. The third-order valence-electron chi connectivity index (χ3n) is 2.35. The highest BCUT2D eigenvalue weighted by Crippen LogP contribution is 2.33. The number of hydrogen-bond donors (Lipinski definition) is 0. The number of rotatable bonds is 4. The fourth-order valence-corrected chi connectivity index (χ4v) is 1.45. The zero-order valence-electron chi connectivity index (χ0n) is 9.83. The summed E-state index contributed by atoms with van der Waals surface area (Å²) in [7, 11) is 0. The fourth-order valence-electron chi connectivity index (χ4n) is 1.45. The van der Waals surface area contributed by atoms with E-state index >= 15 is 0 Å². The van der Waals surface area contributed by atoms with Crippen LogP contribution in [0, 0.1) is 25.4 Å². The molecule has 2 rings (SSSR count). The van der Waals surface area contributed by atoms with Gasteiger partial charge in [0.1, 0.15) is 0 Å². The predicted molar refractivity (Wildman–Crippen MR) is 65.2 cm³/mol. The van der Waals surface area contributed by atoms with E-state index in [1.165, 1.54) is 18.2 Å². The summed E-state index contributed by atoms with van der Waals surface area (Å²) in [4.78, 5) is 19.9. The van der Waals surface area contributed by atoms with Crippen molar-refractivity contribution >= 4 is 11.4 Å². The average Bonchev–Trinajstić information content (AvgIpc) is 2.41. The Labute approximate surface area is 111 Å². The van der Waals surface area contributed by atoms with Crippen molar-refractivity contribution in [1.82, 2.24) is 0 Å². The molecule has 0 N–H and O–H groups in total. The van der Waals surface area contributed by atoms with Gasteiger partial charge in [0.2, 0.25) is 5.75 Å². The molecule has 0 saturated carbocycles. The van der Waals surface area contributed by atoms with Gasteiger partial charge in [-0.3, -0.25) is 20.2 Å². The first-order valence-electron chi connectivity index (χ1n) is 5.28. The van der Waals surface area contributed by atoms with Crippen molar-refractivity contribution in [2.45, 2.75) is 0 Å². The van der Waals surface area contributed by atoms with Crippen molar-refractivity contribution in [3.8, 4) is 11.6 Å². The standard InChI is InChI=1S/C11H7N3O6/c15-12-6-2-1-3-11(12)20-10-5-4-8(13(16)17)7-9(10)14(18)19/h1-7H. The van der Waals surface area contributed by atoms with Crippen LogP contribution in [-0.2, 0) is 0 Å². The largest absolute Gasteiger partial charge is 0.616 e. The predicted octanol–water partition coefficient (Wildman–Crippen LogP) is 1.93. The number of benzene rings is 1. The number of nitro benzene ring substituents is 2. The van der Waals surface area contributed by atoms with E-state index in [1.807, 2.05) is 0 Å². The molecule has 1 aromatic heterocycles. The lowest BCUT2D eigenvalue weighted by Gasteiger charge is -2.05. The first-order valence-corrected chi connectivity index (χ1v) is 5.28. The summed E-state index contributed by atoms with van der Waals surface area (Å²) in [5, 5.41) is 32.9. The van der Waals surface area contributed by atoms with Crippen LogP contribution >= 0.6 is 0 Å². The first-order chi connectivity index (χ1) is 9.49. The summed E-state index contributed by atoms with van der Waals surface area (Å²) in [6.07, 6.45) is 1.16. The van der Waals surface area contributed by atoms with Gasteiger partial charge in [-0.05, 0) is 12.1 Å². The maximum Gasteiger partial charge on any atom is 0.385 e. The van der Waals surface area contributed by atoms with E-state index in [2.05, 4.69) is 0 Å². The van der Waals surface area contributed by atoms with Crippen LogP contribution in [0.25, 0.3) is 0 Å². The molecule has 9 nitrogen and oxygen atoms in total. The number of nitrogens with zero attached hydrogens (tertiary/aromatic N) is 3. The quantitative estimate of drug-likeness (QED) is 0.364. The molecule has 0 atom stereocenters. The average molecular weight is 277 g/mol. The zero-order valence-corrected chi connectivity index (χ0v) is 9.83. The Morgan fingerprint density at radius 2 is 1.80 bits per heavy atom. The highest BCUT2D eigenvalue weighted by molar-refractivity contribution is 5.54. The van der Waals surface area contributed by atoms with Gasteiger partial charge in [-0.15, -0.1) is 4.73 Å².